The zero-order chi connectivity index (χ0) is 11.4. The van der Waals surface area contributed by atoms with Crippen molar-refractivity contribution >= 4 is 5.97 Å². The Kier molecular flexibility index (Phi) is 3.24. The number of benzene rings is 1. The number of carbonyl (C=O) groups is 1. The van der Waals surface area contributed by atoms with Crippen molar-refractivity contribution in [3.05, 3.63) is 29.1 Å². The predicted molar refractivity (Wildman–Crippen MR) is 49.0 cm³/mol. The summed E-state index contributed by atoms with van der Waals surface area (Å²) in [4.78, 5) is 10.5. The number of methoxy groups -OCH3 is 1. The van der Waals surface area contributed by atoms with Crippen LogP contribution in [0.5, 0.6) is 5.75 Å². The van der Waals surface area contributed by atoms with Gasteiger partial charge in [-0.3, -0.25) is 4.79 Å². The fourth-order valence-electron chi connectivity index (χ4n) is 1.17. The lowest BCUT2D eigenvalue weighted by Crippen LogP contribution is -2.03. The summed E-state index contributed by atoms with van der Waals surface area (Å²) in [5, 5.41) is 17.2. The van der Waals surface area contributed by atoms with Crippen LogP contribution in [0.25, 0.3) is 0 Å². The average molecular weight is 209 g/mol. The number of hydrogen-bond donors (Lipinski definition) is 1. The maximum Gasteiger partial charge on any atom is 0.307 e. The van der Waals surface area contributed by atoms with Gasteiger partial charge < -0.3 is 9.84 Å². The Bertz CT molecular complexity index is 437. The smallest absolute Gasteiger partial charge is 0.307 e. The van der Waals surface area contributed by atoms with E-state index in [1.54, 1.807) is 6.07 Å². The number of rotatable bonds is 3. The number of nitriles is 1. The Morgan fingerprint density at radius 1 is 1.67 bits per heavy atom. The third-order valence-corrected chi connectivity index (χ3v) is 1.84. The third kappa shape index (κ3) is 2.44. The molecule has 5 heteroatoms. The van der Waals surface area contributed by atoms with Gasteiger partial charge in [-0.05, 0) is 17.7 Å². The number of carboxylic acid groups (broad SMARTS) is 1. The fourth-order valence-corrected chi connectivity index (χ4v) is 1.17. The van der Waals surface area contributed by atoms with Crippen LogP contribution in [0, 0.1) is 17.1 Å². The van der Waals surface area contributed by atoms with Crippen molar-refractivity contribution in [2.75, 3.05) is 7.11 Å². The molecule has 4 nitrogen and oxygen atoms in total. The molecule has 0 aliphatic carbocycles. The second-order valence-corrected chi connectivity index (χ2v) is 2.83. The van der Waals surface area contributed by atoms with Crippen molar-refractivity contribution in [2.45, 2.75) is 6.42 Å². The van der Waals surface area contributed by atoms with E-state index in [1.165, 1.54) is 13.2 Å². The van der Waals surface area contributed by atoms with Crippen LogP contribution in [0.3, 0.4) is 0 Å². The minimum absolute atomic E-state index is 0.00991. The van der Waals surface area contributed by atoms with Crippen LogP contribution in [0.4, 0.5) is 4.39 Å². The molecule has 78 valence electrons. The number of ether oxygens (including phenoxy) is 1. The molecule has 0 aliphatic rings. The molecule has 0 aromatic heterocycles. The number of nitrogens with zero attached hydrogens (tertiary/aromatic N) is 1. The van der Waals surface area contributed by atoms with Gasteiger partial charge in [-0.1, -0.05) is 0 Å². The topological polar surface area (TPSA) is 70.3 Å². The monoisotopic (exact) mass is 209 g/mol. The van der Waals surface area contributed by atoms with Gasteiger partial charge in [-0.25, -0.2) is 4.39 Å². The van der Waals surface area contributed by atoms with E-state index < -0.39 is 11.8 Å². The van der Waals surface area contributed by atoms with Crippen LogP contribution >= 0.6 is 0 Å². The van der Waals surface area contributed by atoms with Crippen molar-refractivity contribution in [3.63, 3.8) is 0 Å². The Morgan fingerprint density at radius 2 is 2.33 bits per heavy atom. The minimum atomic E-state index is -1.08. The van der Waals surface area contributed by atoms with Gasteiger partial charge in [0.05, 0.1) is 25.2 Å². The van der Waals surface area contributed by atoms with Gasteiger partial charge in [0.1, 0.15) is 0 Å². The zero-order valence-electron chi connectivity index (χ0n) is 7.95. The second kappa shape index (κ2) is 4.42. The van der Waals surface area contributed by atoms with E-state index in [9.17, 15) is 9.18 Å². The van der Waals surface area contributed by atoms with Crippen LogP contribution in [0.2, 0.25) is 0 Å². The van der Waals surface area contributed by atoms with Crippen LogP contribution in [-0.4, -0.2) is 18.2 Å². The van der Waals surface area contributed by atoms with Crippen molar-refractivity contribution in [3.8, 4) is 11.8 Å². The van der Waals surface area contributed by atoms with Crippen LogP contribution in [0.15, 0.2) is 12.1 Å². The lowest BCUT2D eigenvalue weighted by molar-refractivity contribution is -0.136. The number of carboxylic acids is 1. The molecule has 0 heterocycles. The Morgan fingerprint density at radius 3 is 2.80 bits per heavy atom. The molecule has 1 rings (SSSR count). The number of aliphatic carboxylic acids is 1. The first-order chi connectivity index (χ1) is 7.08. The largest absolute Gasteiger partial charge is 0.494 e. The quantitative estimate of drug-likeness (QED) is 0.815. The van der Waals surface area contributed by atoms with Crippen LogP contribution in [0.1, 0.15) is 11.1 Å². The number of halogens is 1. The molecule has 1 aromatic rings. The molecule has 0 unspecified atom stereocenters. The van der Waals surface area contributed by atoms with Crippen molar-refractivity contribution < 1.29 is 19.0 Å². The molecule has 0 saturated carbocycles. The van der Waals surface area contributed by atoms with Crippen molar-refractivity contribution in [2.24, 2.45) is 0 Å². The predicted octanol–water partition coefficient (Wildman–Crippen LogP) is 1.33. The van der Waals surface area contributed by atoms with E-state index in [0.29, 0.717) is 0 Å². The van der Waals surface area contributed by atoms with Gasteiger partial charge in [-0.2, -0.15) is 5.26 Å². The van der Waals surface area contributed by atoms with Gasteiger partial charge in [0.15, 0.2) is 11.6 Å². The first-order valence-electron chi connectivity index (χ1n) is 4.06. The third-order valence-electron chi connectivity index (χ3n) is 1.84. The van der Waals surface area contributed by atoms with Crippen LogP contribution in [-0.2, 0) is 11.2 Å². The minimum Gasteiger partial charge on any atom is -0.494 e. The van der Waals surface area contributed by atoms with E-state index >= 15 is 0 Å². The van der Waals surface area contributed by atoms with E-state index in [-0.39, 0.29) is 23.3 Å². The standard InChI is InChI=1S/C10H8FNO3/c1-15-9-3-6(4-10(13)14)7(5-12)2-8(9)11/h2-3H,4H2,1H3,(H,13,14). The van der Waals surface area contributed by atoms with Gasteiger partial charge in [0.25, 0.3) is 0 Å². The van der Waals surface area contributed by atoms with E-state index in [1.807, 2.05) is 0 Å². The summed E-state index contributed by atoms with van der Waals surface area (Å²) >= 11 is 0. The molecule has 0 aliphatic heterocycles. The SMILES string of the molecule is COc1cc(CC(=O)O)c(C#N)cc1F. The molecule has 0 atom stereocenters. The summed E-state index contributed by atoms with van der Waals surface area (Å²) in [7, 11) is 1.27. The summed E-state index contributed by atoms with van der Waals surface area (Å²) in [6, 6.07) is 3.93. The lowest BCUT2D eigenvalue weighted by Gasteiger charge is -2.06. The molecule has 0 bridgehead atoms. The van der Waals surface area contributed by atoms with Gasteiger partial charge >= 0.3 is 5.97 Å². The maximum atomic E-state index is 13.1. The van der Waals surface area contributed by atoms with Crippen molar-refractivity contribution in [1.82, 2.24) is 0 Å². The van der Waals surface area contributed by atoms with Gasteiger partial charge in [0.2, 0.25) is 0 Å². The summed E-state index contributed by atoms with van der Waals surface area (Å²) in [6.07, 6.45) is -0.334. The summed E-state index contributed by atoms with van der Waals surface area (Å²) in [5.74, 6) is -1.83. The molecular formula is C10H8FNO3. The van der Waals surface area contributed by atoms with E-state index in [4.69, 9.17) is 10.4 Å². The fraction of sp³-hybridized carbons (Fsp3) is 0.200. The maximum absolute atomic E-state index is 13.1. The Balaban J connectivity index is 3.24. The molecule has 0 amide bonds. The highest BCUT2D eigenvalue weighted by molar-refractivity contribution is 5.71. The summed E-state index contributed by atoms with van der Waals surface area (Å²) in [6.45, 7) is 0. The first-order valence-corrected chi connectivity index (χ1v) is 4.06. The molecule has 1 N–H and O–H groups in total. The summed E-state index contributed by atoms with van der Waals surface area (Å²) in [5.41, 5.74) is 0.249. The normalized spacial score (nSPS) is 9.40. The number of hydrogen-bond acceptors (Lipinski definition) is 3. The molecule has 0 fully saturated rings. The highest BCUT2D eigenvalue weighted by Crippen LogP contribution is 2.22. The van der Waals surface area contributed by atoms with E-state index in [2.05, 4.69) is 4.74 Å². The molecule has 0 saturated heterocycles. The molecule has 0 spiro atoms. The van der Waals surface area contributed by atoms with Crippen LogP contribution < -0.4 is 4.74 Å². The Labute approximate surface area is 85.5 Å². The second-order valence-electron chi connectivity index (χ2n) is 2.83. The lowest BCUT2D eigenvalue weighted by atomic mass is 10.0. The first kappa shape index (κ1) is 11.0. The highest BCUT2D eigenvalue weighted by Gasteiger charge is 2.12. The zero-order valence-corrected chi connectivity index (χ0v) is 7.95. The molecule has 1 aromatic carbocycles. The van der Waals surface area contributed by atoms with Gasteiger partial charge in [-0.15, -0.1) is 0 Å². The van der Waals surface area contributed by atoms with Gasteiger partial charge in [0, 0.05) is 0 Å². The average Bonchev–Trinajstić information content (AvgIpc) is 2.19. The summed E-state index contributed by atoms with van der Waals surface area (Å²) < 4.78 is 17.8. The molecular weight excluding hydrogens is 201 g/mol. The van der Waals surface area contributed by atoms with Crippen molar-refractivity contribution in [1.29, 1.82) is 5.26 Å². The molecule has 0 radical (unpaired) electrons. The molecule has 15 heavy (non-hydrogen) atoms. The Hall–Kier alpha value is -2.09. The highest BCUT2D eigenvalue weighted by atomic mass is 19.1. The van der Waals surface area contributed by atoms with E-state index in [0.717, 1.165) is 6.07 Å².